The molecule has 21 heavy (non-hydrogen) atoms. The number of hydrogen-bond acceptors (Lipinski definition) is 4. The van der Waals surface area contributed by atoms with Crippen LogP contribution in [0.15, 0.2) is 18.2 Å². The Bertz CT molecular complexity index is 448. The summed E-state index contributed by atoms with van der Waals surface area (Å²) in [5.74, 6) is 1.58. The van der Waals surface area contributed by atoms with Crippen LogP contribution in [0.1, 0.15) is 39.2 Å². The highest BCUT2D eigenvalue weighted by Gasteiger charge is 2.18. The summed E-state index contributed by atoms with van der Waals surface area (Å²) in [6.45, 7) is 8.79. The van der Waals surface area contributed by atoms with Crippen LogP contribution in [-0.2, 0) is 11.3 Å². The second-order valence-electron chi connectivity index (χ2n) is 6.55. The molecule has 118 valence electrons. The third-order valence-electron chi connectivity index (χ3n) is 3.46. The fourth-order valence-corrected chi connectivity index (χ4v) is 2.27. The van der Waals surface area contributed by atoms with Crippen molar-refractivity contribution in [1.29, 1.82) is 0 Å². The van der Waals surface area contributed by atoms with Gasteiger partial charge in [0.05, 0.1) is 13.7 Å². The van der Waals surface area contributed by atoms with Crippen LogP contribution >= 0.6 is 0 Å². The summed E-state index contributed by atoms with van der Waals surface area (Å²) < 4.78 is 16.9. The first kappa shape index (κ1) is 16.1. The van der Waals surface area contributed by atoms with E-state index in [0.717, 1.165) is 37.5 Å². The fraction of sp³-hybridized carbons (Fsp3) is 0.647. The second kappa shape index (κ2) is 7.14. The maximum atomic E-state index is 6.01. The maximum Gasteiger partial charge on any atom is 0.161 e. The molecular weight excluding hydrogens is 266 g/mol. The molecule has 1 saturated heterocycles. The van der Waals surface area contributed by atoms with E-state index in [-0.39, 0.29) is 11.6 Å². The Balaban J connectivity index is 2.01. The minimum Gasteiger partial charge on any atom is -0.493 e. The van der Waals surface area contributed by atoms with Crippen LogP contribution in [0.4, 0.5) is 0 Å². The minimum absolute atomic E-state index is 0.0991. The summed E-state index contributed by atoms with van der Waals surface area (Å²) >= 11 is 0. The van der Waals surface area contributed by atoms with Crippen molar-refractivity contribution in [3.05, 3.63) is 23.8 Å². The molecule has 1 aliphatic heterocycles. The van der Waals surface area contributed by atoms with E-state index >= 15 is 0 Å². The zero-order valence-electron chi connectivity index (χ0n) is 13.6. The van der Waals surface area contributed by atoms with E-state index in [1.54, 1.807) is 7.11 Å². The van der Waals surface area contributed by atoms with Gasteiger partial charge in [-0.2, -0.15) is 0 Å². The van der Waals surface area contributed by atoms with Crippen LogP contribution in [0.2, 0.25) is 0 Å². The highest BCUT2D eigenvalue weighted by atomic mass is 16.5. The highest BCUT2D eigenvalue weighted by Crippen LogP contribution is 2.30. The van der Waals surface area contributed by atoms with Gasteiger partial charge in [-0.05, 0) is 51.3 Å². The fourth-order valence-electron chi connectivity index (χ4n) is 2.27. The SMILES string of the molecule is COc1cc(CNC(C)(C)C)ccc1OC1CCCOC1. The van der Waals surface area contributed by atoms with Gasteiger partial charge in [0, 0.05) is 18.7 Å². The van der Waals surface area contributed by atoms with Crippen LogP contribution in [0.5, 0.6) is 11.5 Å². The Morgan fingerprint density at radius 3 is 2.71 bits per heavy atom. The molecule has 0 aliphatic carbocycles. The predicted molar refractivity (Wildman–Crippen MR) is 84.1 cm³/mol. The zero-order chi connectivity index (χ0) is 15.3. The van der Waals surface area contributed by atoms with Gasteiger partial charge >= 0.3 is 0 Å². The van der Waals surface area contributed by atoms with Crippen LogP contribution in [0.25, 0.3) is 0 Å². The standard InChI is InChI=1S/C17H27NO3/c1-17(2,3)18-11-13-7-8-15(16(10-13)19-4)21-14-6-5-9-20-12-14/h7-8,10,14,18H,5-6,9,11-12H2,1-4H3. The monoisotopic (exact) mass is 293 g/mol. The van der Waals surface area contributed by atoms with Crippen molar-refractivity contribution in [2.75, 3.05) is 20.3 Å². The predicted octanol–water partition coefficient (Wildman–Crippen LogP) is 3.14. The molecule has 4 nitrogen and oxygen atoms in total. The van der Waals surface area contributed by atoms with Crippen LogP contribution in [-0.4, -0.2) is 32.0 Å². The lowest BCUT2D eigenvalue weighted by molar-refractivity contribution is 0.00643. The summed E-state index contributed by atoms with van der Waals surface area (Å²) in [4.78, 5) is 0. The molecule has 1 aromatic carbocycles. The average Bonchev–Trinajstić information content (AvgIpc) is 2.46. The van der Waals surface area contributed by atoms with Crippen molar-refractivity contribution in [2.24, 2.45) is 0 Å². The largest absolute Gasteiger partial charge is 0.493 e. The summed E-state index contributed by atoms with van der Waals surface area (Å²) in [5.41, 5.74) is 1.29. The first-order valence-corrected chi connectivity index (χ1v) is 7.64. The topological polar surface area (TPSA) is 39.7 Å². The van der Waals surface area contributed by atoms with E-state index in [0.29, 0.717) is 6.61 Å². The summed E-state index contributed by atoms with van der Waals surface area (Å²) in [6.07, 6.45) is 2.23. The lowest BCUT2D eigenvalue weighted by atomic mass is 10.1. The molecule has 0 radical (unpaired) electrons. The van der Waals surface area contributed by atoms with Crippen LogP contribution < -0.4 is 14.8 Å². The van der Waals surface area contributed by atoms with E-state index in [4.69, 9.17) is 14.2 Å². The Kier molecular flexibility index (Phi) is 5.48. The highest BCUT2D eigenvalue weighted by molar-refractivity contribution is 5.43. The molecule has 1 atom stereocenters. The molecule has 0 amide bonds. The molecule has 0 spiro atoms. The van der Waals surface area contributed by atoms with Gasteiger partial charge in [-0.1, -0.05) is 6.07 Å². The normalized spacial score (nSPS) is 19.3. The van der Waals surface area contributed by atoms with E-state index < -0.39 is 0 Å². The van der Waals surface area contributed by atoms with Gasteiger partial charge in [0.1, 0.15) is 6.10 Å². The van der Waals surface area contributed by atoms with Gasteiger partial charge in [-0.25, -0.2) is 0 Å². The van der Waals surface area contributed by atoms with Gasteiger partial charge in [0.25, 0.3) is 0 Å². The van der Waals surface area contributed by atoms with Crippen molar-refractivity contribution in [3.63, 3.8) is 0 Å². The summed E-state index contributed by atoms with van der Waals surface area (Å²) in [5, 5.41) is 3.47. The Labute approximate surface area is 127 Å². The molecule has 1 unspecified atom stereocenters. The van der Waals surface area contributed by atoms with Gasteiger partial charge < -0.3 is 19.5 Å². The second-order valence-corrected chi connectivity index (χ2v) is 6.55. The molecule has 0 aromatic heterocycles. The smallest absolute Gasteiger partial charge is 0.161 e. The van der Waals surface area contributed by atoms with Crippen molar-refractivity contribution in [2.45, 2.75) is 51.8 Å². The molecule has 4 heteroatoms. The molecule has 1 aliphatic rings. The first-order valence-electron chi connectivity index (χ1n) is 7.64. The lowest BCUT2D eigenvalue weighted by Gasteiger charge is -2.24. The third kappa shape index (κ3) is 5.21. The minimum atomic E-state index is 0.0991. The lowest BCUT2D eigenvalue weighted by Crippen LogP contribution is -2.35. The number of ether oxygens (including phenoxy) is 3. The number of methoxy groups -OCH3 is 1. The number of hydrogen-bond donors (Lipinski definition) is 1. The molecule has 1 fully saturated rings. The van der Waals surface area contributed by atoms with Gasteiger partial charge in [-0.15, -0.1) is 0 Å². The number of rotatable bonds is 5. The molecule has 0 saturated carbocycles. The van der Waals surface area contributed by atoms with Gasteiger partial charge in [0.15, 0.2) is 11.5 Å². The molecule has 1 N–H and O–H groups in total. The molecular formula is C17H27NO3. The van der Waals surface area contributed by atoms with Gasteiger partial charge in [-0.3, -0.25) is 0 Å². The van der Waals surface area contributed by atoms with E-state index in [9.17, 15) is 0 Å². The zero-order valence-corrected chi connectivity index (χ0v) is 13.6. The Morgan fingerprint density at radius 2 is 2.10 bits per heavy atom. The average molecular weight is 293 g/mol. The van der Waals surface area contributed by atoms with Crippen molar-refractivity contribution in [3.8, 4) is 11.5 Å². The summed E-state index contributed by atoms with van der Waals surface area (Å²) in [6, 6.07) is 6.12. The number of nitrogens with one attached hydrogen (secondary N) is 1. The number of benzene rings is 1. The maximum absolute atomic E-state index is 6.01. The molecule has 1 heterocycles. The molecule has 2 rings (SSSR count). The summed E-state index contributed by atoms with van der Waals surface area (Å²) in [7, 11) is 1.68. The van der Waals surface area contributed by atoms with E-state index in [2.05, 4.69) is 32.2 Å². The third-order valence-corrected chi connectivity index (χ3v) is 3.46. The van der Waals surface area contributed by atoms with Crippen LogP contribution in [0, 0.1) is 0 Å². The first-order chi connectivity index (χ1) is 9.98. The molecule has 0 bridgehead atoms. The van der Waals surface area contributed by atoms with Gasteiger partial charge in [0.2, 0.25) is 0 Å². The Morgan fingerprint density at radius 1 is 1.29 bits per heavy atom. The van der Waals surface area contributed by atoms with Crippen molar-refractivity contribution >= 4 is 0 Å². The van der Waals surface area contributed by atoms with Crippen molar-refractivity contribution in [1.82, 2.24) is 5.32 Å². The molecule has 1 aromatic rings. The van der Waals surface area contributed by atoms with Crippen molar-refractivity contribution < 1.29 is 14.2 Å². The Hall–Kier alpha value is -1.26. The van der Waals surface area contributed by atoms with Crippen LogP contribution in [0.3, 0.4) is 0 Å². The van der Waals surface area contributed by atoms with E-state index in [1.165, 1.54) is 5.56 Å². The van der Waals surface area contributed by atoms with E-state index in [1.807, 2.05) is 12.1 Å². The quantitative estimate of drug-likeness (QED) is 0.905.